The molecular formula is C23H28N2O2. The summed E-state index contributed by atoms with van der Waals surface area (Å²) in [6.45, 7) is 3.90. The van der Waals surface area contributed by atoms with Gasteiger partial charge in [-0.3, -0.25) is 4.98 Å². The van der Waals surface area contributed by atoms with Gasteiger partial charge in [-0.25, -0.2) is 0 Å². The molecule has 1 aromatic heterocycles. The van der Waals surface area contributed by atoms with Gasteiger partial charge in [0.05, 0.1) is 5.52 Å². The maximum Gasteiger partial charge on any atom is 0.231 e. The Morgan fingerprint density at radius 3 is 2.81 bits per heavy atom. The van der Waals surface area contributed by atoms with Crippen LogP contribution in [-0.2, 0) is 0 Å². The molecule has 5 atom stereocenters. The molecule has 0 amide bonds. The van der Waals surface area contributed by atoms with E-state index in [4.69, 9.17) is 14.5 Å². The Balaban J connectivity index is 1.55. The minimum absolute atomic E-state index is 0.323. The van der Waals surface area contributed by atoms with E-state index in [0.29, 0.717) is 18.6 Å². The normalized spacial score (nSPS) is 34.4. The zero-order valence-corrected chi connectivity index (χ0v) is 16.3. The van der Waals surface area contributed by atoms with E-state index < -0.39 is 0 Å². The molecule has 2 aliphatic carbocycles. The summed E-state index contributed by atoms with van der Waals surface area (Å²) in [4.78, 5) is 7.90. The van der Waals surface area contributed by atoms with Gasteiger partial charge < -0.3 is 14.4 Å². The third-order valence-electron chi connectivity index (χ3n) is 7.88. The molecule has 6 rings (SSSR count). The summed E-state index contributed by atoms with van der Waals surface area (Å²) >= 11 is 0. The van der Waals surface area contributed by atoms with Gasteiger partial charge in [0, 0.05) is 29.1 Å². The van der Waals surface area contributed by atoms with Crippen molar-refractivity contribution in [1.29, 1.82) is 0 Å². The lowest BCUT2D eigenvalue weighted by molar-refractivity contribution is 0.00557. The molecule has 4 aliphatic rings. The van der Waals surface area contributed by atoms with Gasteiger partial charge in [-0.05, 0) is 74.7 Å². The number of ether oxygens (including phenoxy) is 2. The molecule has 0 spiro atoms. The Hall–Kier alpha value is -1.81. The van der Waals surface area contributed by atoms with Gasteiger partial charge in [0.1, 0.15) is 0 Å². The maximum atomic E-state index is 5.62. The monoisotopic (exact) mass is 364 g/mol. The summed E-state index contributed by atoms with van der Waals surface area (Å²) < 4.78 is 11.2. The number of benzene rings is 1. The Bertz CT molecular complexity index is 911. The summed E-state index contributed by atoms with van der Waals surface area (Å²) in [6, 6.07) is 7.41. The van der Waals surface area contributed by atoms with Gasteiger partial charge in [-0.1, -0.05) is 13.3 Å². The van der Waals surface area contributed by atoms with Crippen LogP contribution in [0.4, 0.5) is 0 Å². The van der Waals surface area contributed by atoms with E-state index in [2.05, 4.69) is 37.1 Å². The molecule has 142 valence electrons. The molecule has 2 aliphatic heterocycles. The minimum Gasteiger partial charge on any atom is -0.454 e. The van der Waals surface area contributed by atoms with Crippen molar-refractivity contribution in [3.05, 3.63) is 29.5 Å². The van der Waals surface area contributed by atoms with Crippen molar-refractivity contribution < 1.29 is 9.47 Å². The molecule has 0 unspecified atom stereocenters. The molecular weight excluding hydrogens is 336 g/mol. The van der Waals surface area contributed by atoms with Crippen molar-refractivity contribution in [2.24, 2.45) is 11.8 Å². The molecule has 2 fully saturated rings. The molecule has 4 heteroatoms. The molecule has 1 saturated heterocycles. The zero-order valence-electron chi connectivity index (χ0n) is 16.3. The molecule has 1 aromatic carbocycles. The van der Waals surface area contributed by atoms with Crippen LogP contribution in [0.2, 0.25) is 0 Å². The van der Waals surface area contributed by atoms with E-state index in [-0.39, 0.29) is 0 Å². The average molecular weight is 364 g/mol. The van der Waals surface area contributed by atoms with E-state index in [1.54, 1.807) is 0 Å². The predicted molar refractivity (Wildman–Crippen MR) is 106 cm³/mol. The van der Waals surface area contributed by atoms with Crippen molar-refractivity contribution in [1.82, 2.24) is 9.88 Å². The maximum absolute atomic E-state index is 5.62. The van der Waals surface area contributed by atoms with Gasteiger partial charge >= 0.3 is 0 Å². The summed E-state index contributed by atoms with van der Waals surface area (Å²) in [5.41, 5.74) is 3.99. The van der Waals surface area contributed by atoms with Crippen LogP contribution >= 0.6 is 0 Å². The molecule has 0 N–H and O–H groups in total. The smallest absolute Gasteiger partial charge is 0.231 e. The second-order valence-electron chi connectivity index (χ2n) is 8.99. The highest BCUT2D eigenvalue weighted by molar-refractivity contribution is 5.84. The van der Waals surface area contributed by atoms with Gasteiger partial charge in [-0.15, -0.1) is 0 Å². The highest BCUT2D eigenvalue weighted by Crippen LogP contribution is 2.57. The summed E-state index contributed by atoms with van der Waals surface area (Å²) in [5.74, 6) is 4.59. The van der Waals surface area contributed by atoms with Gasteiger partial charge in [-0.2, -0.15) is 0 Å². The highest BCUT2D eigenvalue weighted by Gasteiger charge is 2.50. The Labute approximate surface area is 160 Å². The van der Waals surface area contributed by atoms with Crippen LogP contribution in [0.15, 0.2) is 18.2 Å². The van der Waals surface area contributed by atoms with Crippen LogP contribution in [0.3, 0.4) is 0 Å². The number of rotatable bonds is 1. The van der Waals surface area contributed by atoms with Crippen LogP contribution in [0.25, 0.3) is 10.9 Å². The van der Waals surface area contributed by atoms with Crippen molar-refractivity contribution >= 4 is 10.9 Å². The van der Waals surface area contributed by atoms with Crippen LogP contribution in [-0.4, -0.2) is 36.3 Å². The van der Waals surface area contributed by atoms with Crippen LogP contribution < -0.4 is 9.47 Å². The first kappa shape index (κ1) is 16.2. The highest BCUT2D eigenvalue weighted by atomic mass is 16.7. The SMILES string of the molecule is CC[C@@H]1c2nc3cc4c(cc3cc2[C@H]2CCN(C)[C@H]3CCC[C@@H]1[C@H]23)OCO4. The van der Waals surface area contributed by atoms with Gasteiger partial charge in [0.25, 0.3) is 0 Å². The number of likely N-dealkylation sites (tertiary alicyclic amines) is 1. The molecule has 1 saturated carbocycles. The van der Waals surface area contributed by atoms with Crippen molar-refractivity contribution in [3.63, 3.8) is 0 Å². The van der Waals surface area contributed by atoms with Crippen LogP contribution in [0, 0.1) is 11.8 Å². The summed E-state index contributed by atoms with van der Waals surface area (Å²) in [6.07, 6.45) is 6.60. The number of hydrogen-bond donors (Lipinski definition) is 0. The fourth-order valence-electron chi connectivity index (χ4n) is 6.74. The van der Waals surface area contributed by atoms with E-state index in [0.717, 1.165) is 34.9 Å². The third-order valence-corrected chi connectivity index (χ3v) is 7.88. The van der Waals surface area contributed by atoms with E-state index in [1.165, 1.54) is 55.3 Å². The quantitative estimate of drug-likeness (QED) is 0.736. The number of aromatic nitrogens is 1. The summed E-state index contributed by atoms with van der Waals surface area (Å²) in [7, 11) is 2.35. The first-order chi connectivity index (χ1) is 13.2. The molecule has 0 bridgehead atoms. The Morgan fingerprint density at radius 2 is 1.96 bits per heavy atom. The number of pyridine rings is 1. The fraction of sp³-hybridized carbons (Fsp3) is 0.609. The molecule has 4 nitrogen and oxygen atoms in total. The molecule has 0 radical (unpaired) electrons. The van der Waals surface area contributed by atoms with E-state index in [1.807, 2.05) is 0 Å². The lowest BCUT2D eigenvalue weighted by atomic mass is 9.56. The van der Waals surface area contributed by atoms with Crippen LogP contribution in [0.5, 0.6) is 11.5 Å². The first-order valence-corrected chi connectivity index (χ1v) is 10.7. The average Bonchev–Trinajstić information content (AvgIpc) is 3.14. The predicted octanol–water partition coefficient (Wildman–Crippen LogP) is 4.67. The largest absolute Gasteiger partial charge is 0.454 e. The van der Waals surface area contributed by atoms with Crippen molar-refractivity contribution in [2.45, 2.75) is 56.9 Å². The standard InChI is InChI=1S/C23H28N2O2/c1-3-14-15-5-4-6-19-22(15)16(7-8-25(19)2)17-9-13-10-20-21(27-12-26-20)11-18(13)24-23(14)17/h9-11,14-16,19,22H,3-8,12H2,1-2H3/t14-,15-,16+,19-,22+/m0/s1. The molecule has 27 heavy (non-hydrogen) atoms. The molecule has 2 aromatic rings. The lowest BCUT2D eigenvalue weighted by Gasteiger charge is -2.55. The van der Waals surface area contributed by atoms with Crippen molar-refractivity contribution in [3.8, 4) is 11.5 Å². The van der Waals surface area contributed by atoms with Gasteiger partial charge in [0.2, 0.25) is 6.79 Å². The Kier molecular flexibility index (Phi) is 3.50. The fourth-order valence-corrected chi connectivity index (χ4v) is 6.74. The first-order valence-electron chi connectivity index (χ1n) is 10.7. The number of piperidine rings is 1. The summed E-state index contributed by atoms with van der Waals surface area (Å²) in [5, 5.41) is 1.21. The van der Waals surface area contributed by atoms with E-state index in [9.17, 15) is 0 Å². The van der Waals surface area contributed by atoms with Crippen molar-refractivity contribution in [2.75, 3.05) is 20.4 Å². The lowest BCUT2D eigenvalue weighted by Crippen LogP contribution is -2.54. The third kappa shape index (κ3) is 2.22. The van der Waals surface area contributed by atoms with Crippen LogP contribution in [0.1, 0.15) is 62.1 Å². The second kappa shape index (κ2) is 5.84. The minimum atomic E-state index is 0.323. The topological polar surface area (TPSA) is 34.6 Å². The number of nitrogens with zero attached hydrogens (tertiary/aromatic N) is 2. The Morgan fingerprint density at radius 1 is 1.11 bits per heavy atom. The number of fused-ring (bicyclic) bond motifs is 4. The zero-order chi connectivity index (χ0) is 18.1. The van der Waals surface area contributed by atoms with Gasteiger partial charge in [0.15, 0.2) is 11.5 Å². The molecule has 3 heterocycles. The number of hydrogen-bond acceptors (Lipinski definition) is 4. The second-order valence-corrected chi connectivity index (χ2v) is 8.99. The van der Waals surface area contributed by atoms with E-state index >= 15 is 0 Å².